The van der Waals surface area contributed by atoms with Gasteiger partial charge in [0.15, 0.2) is 0 Å². The molecule has 4 unspecified atom stereocenters. The molecule has 0 aromatic heterocycles. The molecule has 0 aromatic carbocycles. The van der Waals surface area contributed by atoms with Crippen LogP contribution in [0.25, 0.3) is 0 Å². The Kier molecular flexibility index (Phi) is 1.15. The largest absolute Gasteiger partial charge is 0.299 e. The summed E-state index contributed by atoms with van der Waals surface area (Å²) < 4.78 is 0. The first kappa shape index (κ1) is 7.11. The number of hydrogen-bond acceptors (Lipinski definition) is 1. The Morgan fingerprint density at radius 2 is 2.08 bits per heavy atom. The molecule has 1 spiro atoms. The monoisotopic (exact) mass is 164 g/mol. The normalized spacial score (nSPS) is 56.4. The van der Waals surface area contributed by atoms with E-state index in [1.54, 1.807) is 0 Å². The second kappa shape index (κ2) is 1.94. The van der Waals surface area contributed by atoms with Gasteiger partial charge >= 0.3 is 0 Å². The van der Waals surface area contributed by atoms with Crippen LogP contribution < -0.4 is 0 Å². The SMILES string of the molecule is CC1C2CCCC23C(=O)CCC13. The zero-order valence-corrected chi connectivity index (χ0v) is 7.68. The standard InChI is InChI=1S/C11H16O/c1-7-8-3-2-6-11(8)9(7)4-5-10(11)12/h7-9H,2-6H2,1H3. The second-order valence-electron chi connectivity index (χ2n) is 4.97. The molecule has 0 aromatic rings. The van der Waals surface area contributed by atoms with Crippen LogP contribution in [0, 0.1) is 23.2 Å². The van der Waals surface area contributed by atoms with Crippen molar-refractivity contribution in [2.75, 3.05) is 0 Å². The van der Waals surface area contributed by atoms with E-state index < -0.39 is 0 Å². The smallest absolute Gasteiger partial charge is 0.139 e. The summed E-state index contributed by atoms with van der Waals surface area (Å²) in [5.41, 5.74) is 0.236. The summed E-state index contributed by atoms with van der Waals surface area (Å²) >= 11 is 0. The second-order valence-corrected chi connectivity index (χ2v) is 4.97. The summed E-state index contributed by atoms with van der Waals surface area (Å²) in [6.07, 6.45) is 5.98. The minimum Gasteiger partial charge on any atom is -0.299 e. The summed E-state index contributed by atoms with van der Waals surface area (Å²) in [7, 11) is 0. The summed E-state index contributed by atoms with van der Waals surface area (Å²) in [4.78, 5) is 11.8. The van der Waals surface area contributed by atoms with Crippen molar-refractivity contribution in [2.45, 2.75) is 39.0 Å². The molecule has 0 N–H and O–H groups in total. The Morgan fingerprint density at radius 3 is 2.92 bits per heavy atom. The van der Waals surface area contributed by atoms with Gasteiger partial charge in [0, 0.05) is 11.8 Å². The molecule has 0 radical (unpaired) electrons. The molecule has 4 atom stereocenters. The first-order valence-electron chi connectivity index (χ1n) is 5.30. The molecule has 0 heterocycles. The van der Waals surface area contributed by atoms with Crippen LogP contribution in [0.2, 0.25) is 0 Å². The van der Waals surface area contributed by atoms with Gasteiger partial charge in [-0.05, 0) is 37.0 Å². The van der Waals surface area contributed by atoms with E-state index in [2.05, 4.69) is 6.92 Å². The molecule has 3 rings (SSSR count). The Hall–Kier alpha value is -0.330. The predicted octanol–water partition coefficient (Wildman–Crippen LogP) is 2.40. The number of rotatable bonds is 0. The van der Waals surface area contributed by atoms with Gasteiger partial charge < -0.3 is 0 Å². The lowest BCUT2D eigenvalue weighted by Gasteiger charge is -2.53. The van der Waals surface area contributed by atoms with Crippen LogP contribution in [-0.4, -0.2) is 5.78 Å². The Balaban J connectivity index is 2.03. The van der Waals surface area contributed by atoms with Gasteiger partial charge in [0.25, 0.3) is 0 Å². The van der Waals surface area contributed by atoms with Crippen LogP contribution in [0.1, 0.15) is 39.0 Å². The van der Waals surface area contributed by atoms with Gasteiger partial charge in [0.1, 0.15) is 5.78 Å². The molecular formula is C11H16O. The molecule has 3 aliphatic rings. The van der Waals surface area contributed by atoms with Crippen LogP contribution >= 0.6 is 0 Å². The lowest BCUT2D eigenvalue weighted by Crippen LogP contribution is -2.52. The highest BCUT2D eigenvalue weighted by Crippen LogP contribution is 2.69. The molecule has 0 saturated heterocycles. The maximum Gasteiger partial charge on any atom is 0.139 e. The highest BCUT2D eigenvalue weighted by molar-refractivity contribution is 5.89. The quantitative estimate of drug-likeness (QED) is 0.537. The molecule has 0 amide bonds. The summed E-state index contributed by atoms with van der Waals surface area (Å²) in [6.45, 7) is 2.36. The highest BCUT2D eigenvalue weighted by atomic mass is 16.1. The van der Waals surface area contributed by atoms with Crippen molar-refractivity contribution in [3.63, 3.8) is 0 Å². The molecule has 3 aliphatic carbocycles. The van der Waals surface area contributed by atoms with Crippen molar-refractivity contribution in [1.82, 2.24) is 0 Å². The van der Waals surface area contributed by atoms with Crippen molar-refractivity contribution in [2.24, 2.45) is 23.2 Å². The van der Waals surface area contributed by atoms with E-state index in [0.29, 0.717) is 5.78 Å². The van der Waals surface area contributed by atoms with Crippen molar-refractivity contribution in [1.29, 1.82) is 0 Å². The van der Waals surface area contributed by atoms with Crippen molar-refractivity contribution < 1.29 is 4.79 Å². The molecule has 1 heteroatoms. The fraction of sp³-hybridized carbons (Fsp3) is 0.909. The lowest BCUT2D eigenvalue weighted by molar-refractivity contribution is -0.144. The van der Waals surface area contributed by atoms with E-state index in [4.69, 9.17) is 0 Å². The first-order valence-corrected chi connectivity index (χ1v) is 5.30. The van der Waals surface area contributed by atoms with Crippen LogP contribution in [0.5, 0.6) is 0 Å². The van der Waals surface area contributed by atoms with Crippen LogP contribution in [0.3, 0.4) is 0 Å². The van der Waals surface area contributed by atoms with E-state index in [9.17, 15) is 4.79 Å². The summed E-state index contributed by atoms with van der Waals surface area (Å²) in [6, 6.07) is 0. The average molecular weight is 164 g/mol. The Labute approximate surface area is 73.5 Å². The van der Waals surface area contributed by atoms with E-state index in [-0.39, 0.29) is 5.41 Å². The topological polar surface area (TPSA) is 17.1 Å². The van der Waals surface area contributed by atoms with Gasteiger partial charge in [-0.15, -0.1) is 0 Å². The maximum absolute atomic E-state index is 11.8. The molecule has 0 bridgehead atoms. The van der Waals surface area contributed by atoms with Gasteiger partial charge in [-0.3, -0.25) is 4.79 Å². The number of Topliss-reactive ketones (excluding diaryl/α,β-unsaturated/α-hetero) is 1. The Morgan fingerprint density at radius 1 is 1.33 bits per heavy atom. The van der Waals surface area contributed by atoms with Crippen LogP contribution in [0.4, 0.5) is 0 Å². The minimum atomic E-state index is 0.236. The molecule has 0 aliphatic heterocycles. The van der Waals surface area contributed by atoms with Gasteiger partial charge in [-0.2, -0.15) is 0 Å². The fourth-order valence-electron chi connectivity index (χ4n) is 4.47. The molecule has 66 valence electrons. The third-order valence-corrected chi connectivity index (χ3v) is 4.90. The van der Waals surface area contributed by atoms with Crippen LogP contribution in [0.15, 0.2) is 0 Å². The van der Waals surface area contributed by atoms with E-state index in [1.807, 2.05) is 0 Å². The summed E-state index contributed by atoms with van der Waals surface area (Å²) in [5, 5.41) is 0. The van der Waals surface area contributed by atoms with E-state index >= 15 is 0 Å². The van der Waals surface area contributed by atoms with Crippen molar-refractivity contribution in [3.05, 3.63) is 0 Å². The Bertz CT molecular complexity index is 237. The van der Waals surface area contributed by atoms with Crippen LogP contribution in [-0.2, 0) is 4.79 Å². The van der Waals surface area contributed by atoms with E-state index in [0.717, 1.165) is 24.2 Å². The third kappa shape index (κ3) is 0.512. The van der Waals surface area contributed by atoms with Gasteiger partial charge in [0.05, 0.1) is 0 Å². The zero-order chi connectivity index (χ0) is 8.34. The molecule has 12 heavy (non-hydrogen) atoms. The number of carbonyl (C=O) groups excluding carboxylic acids is 1. The zero-order valence-electron chi connectivity index (χ0n) is 7.68. The predicted molar refractivity (Wildman–Crippen MR) is 46.7 cm³/mol. The van der Waals surface area contributed by atoms with E-state index in [1.165, 1.54) is 25.7 Å². The number of ketones is 1. The molecule has 1 nitrogen and oxygen atoms in total. The number of carbonyl (C=O) groups is 1. The van der Waals surface area contributed by atoms with Gasteiger partial charge in [-0.25, -0.2) is 0 Å². The fourth-order valence-corrected chi connectivity index (χ4v) is 4.47. The summed E-state index contributed by atoms with van der Waals surface area (Å²) in [5.74, 6) is 3.06. The maximum atomic E-state index is 11.8. The third-order valence-electron chi connectivity index (χ3n) is 4.90. The average Bonchev–Trinajstić information content (AvgIpc) is 2.56. The van der Waals surface area contributed by atoms with Gasteiger partial charge in [-0.1, -0.05) is 13.3 Å². The first-order chi connectivity index (χ1) is 5.77. The molecule has 3 fully saturated rings. The van der Waals surface area contributed by atoms with Crippen molar-refractivity contribution >= 4 is 5.78 Å². The highest BCUT2D eigenvalue weighted by Gasteiger charge is 2.67. The number of hydrogen-bond donors (Lipinski definition) is 0. The van der Waals surface area contributed by atoms with Gasteiger partial charge in [0.2, 0.25) is 0 Å². The molecule has 3 saturated carbocycles. The minimum absolute atomic E-state index is 0.236. The molecular weight excluding hydrogens is 148 g/mol. The van der Waals surface area contributed by atoms with Crippen molar-refractivity contribution in [3.8, 4) is 0 Å². The lowest BCUT2D eigenvalue weighted by atomic mass is 9.50.